The van der Waals surface area contributed by atoms with Gasteiger partial charge in [-0.05, 0) is 54.1 Å². The first-order chi connectivity index (χ1) is 14.0. The van der Waals surface area contributed by atoms with Gasteiger partial charge in [-0.25, -0.2) is 0 Å². The first-order valence-electron chi connectivity index (χ1n) is 9.21. The smallest absolute Gasteiger partial charge is 0.265 e. The molecule has 3 aromatic carbocycles. The highest BCUT2D eigenvalue weighted by Gasteiger charge is 2.25. The molecule has 0 unspecified atom stereocenters. The van der Waals surface area contributed by atoms with Gasteiger partial charge in [-0.2, -0.15) is 0 Å². The quantitative estimate of drug-likeness (QED) is 0.742. The molecule has 1 aliphatic heterocycles. The lowest BCUT2D eigenvalue weighted by molar-refractivity contribution is -0.121. The molecule has 0 saturated heterocycles. The zero-order valence-electron chi connectivity index (χ0n) is 15.9. The molecule has 6 heteroatoms. The van der Waals surface area contributed by atoms with Gasteiger partial charge in [-0.3, -0.25) is 9.59 Å². The summed E-state index contributed by atoms with van der Waals surface area (Å²) in [6.07, 6.45) is 0. The fourth-order valence-corrected chi connectivity index (χ4v) is 3.25. The highest BCUT2D eigenvalue weighted by atomic mass is 16.5. The van der Waals surface area contributed by atoms with E-state index >= 15 is 0 Å². The molecule has 1 N–H and O–H groups in total. The topological polar surface area (TPSA) is 70.1 Å². The van der Waals surface area contributed by atoms with Crippen LogP contribution < -0.4 is 14.5 Å². The summed E-state index contributed by atoms with van der Waals surface area (Å²) in [4.78, 5) is 28.3. The molecule has 4 rings (SSSR count). The van der Waals surface area contributed by atoms with Crippen molar-refractivity contribution in [2.24, 2.45) is 0 Å². The van der Waals surface area contributed by atoms with E-state index in [0.29, 0.717) is 23.5 Å². The van der Waals surface area contributed by atoms with E-state index in [-0.39, 0.29) is 24.2 Å². The van der Waals surface area contributed by atoms with Gasteiger partial charge in [0.1, 0.15) is 11.5 Å². The largest absolute Gasteiger partial charge is 0.508 e. The number of nitrogens with zero attached hydrogens (tertiary/aromatic N) is 2. The Kier molecular flexibility index (Phi) is 4.91. The van der Waals surface area contributed by atoms with Crippen LogP contribution >= 0.6 is 0 Å². The third-order valence-electron chi connectivity index (χ3n) is 4.89. The highest BCUT2D eigenvalue weighted by Crippen LogP contribution is 2.32. The van der Waals surface area contributed by atoms with Crippen LogP contribution in [0.3, 0.4) is 0 Å². The number of anilines is 2. The van der Waals surface area contributed by atoms with Gasteiger partial charge in [0, 0.05) is 18.3 Å². The molecule has 3 aromatic rings. The maximum atomic E-state index is 12.7. The van der Waals surface area contributed by atoms with Crippen molar-refractivity contribution in [1.29, 1.82) is 0 Å². The Balaban J connectivity index is 1.50. The third kappa shape index (κ3) is 3.78. The van der Waals surface area contributed by atoms with Gasteiger partial charge in [0.05, 0.1) is 12.2 Å². The van der Waals surface area contributed by atoms with Crippen LogP contribution in [0.25, 0.3) is 0 Å². The van der Waals surface area contributed by atoms with Crippen LogP contribution in [0.15, 0.2) is 72.8 Å². The molecular weight excluding hydrogens is 368 g/mol. The van der Waals surface area contributed by atoms with E-state index in [9.17, 15) is 14.7 Å². The van der Waals surface area contributed by atoms with Crippen LogP contribution in [-0.4, -0.2) is 30.6 Å². The molecule has 1 heterocycles. The summed E-state index contributed by atoms with van der Waals surface area (Å²) in [5.74, 6) is 0.582. The fraction of sp³-hybridized carbons (Fsp3) is 0.130. The average Bonchev–Trinajstić information content (AvgIpc) is 2.76. The van der Waals surface area contributed by atoms with Gasteiger partial charge in [0.15, 0.2) is 6.61 Å². The Hall–Kier alpha value is -3.80. The minimum atomic E-state index is -0.157. The van der Waals surface area contributed by atoms with Crippen molar-refractivity contribution in [2.75, 3.05) is 23.5 Å². The van der Waals surface area contributed by atoms with Gasteiger partial charge in [-0.15, -0.1) is 0 Å². The van der Waals surface area contributed by atoms with Gasteiger partial charge < -0.3 is 19.6 Å². The second-order valence-electron chi connectivity index (χ2n) is 6.81. The molecule has 0 radical (unpaired) electrons. The summed E-state index contributed by atoms with van der Waals surface area (Å²) in [7, 11) is 1.69. The second kappa shape index (κ2) is 7.67. The number of amides is 2. The predicted octanol–water partition coefficient (Wildman–Crippen LogP) is 3.59. The molecular formula is C23H20N2O4. The molecule has 0 aromatic heterocycles. The predicted molar refractivity (Wildman–Crippen MR) is 110 cm³/mol. The SMILES string of the molecule is CN(C(=O)c1ccc(CN2C(=O)COc3ccccc32)cc1)c1ccc(O)cc1. The van der Waals surface area contributed by atoms with Crippen LogP contribution in [0.2, 0.25) is 0 Å². The first-order valence-corrected chi connectivity index (χ1v) is 9.21. The number of ether oxygens (including phenoxy) is 1. The number of aromatic hydroxyl groups is 1. The Bertz CT molecular complexity index is 1050. The zero-order chi connectivity index (χ0) is 20.4. The number of para-hydroxylation sites is 2. The number of hydrogen-bond acceptors (Lipinski definition) is 4. The fourth-order valence-electron chi connectivity index (χ4n) is 3.25. The third-order valence-corrected chi connectivity index (χ3v) is 4.89. The summed E-state index contributed by atoms with van der Waals surface area (Å²) in [6, 6.07) is 21.1. The molecule has 1 aliphatic rings. The number of hydrogen-bond donors (Lipinski definition) is 1. The maximum absolute atomic E-state index is 12.7. The molecule has 0 saturated carbocycles. The van der Waals surface area contributed by atoms with Crippen LogP contribution in [0, 0.1) is 0 Å². The number of fused-ring (bicyclic) bond motifs is 1. The number of phenols is 1. The lowest BCUT2D eigenvalue weighted by atomic mass is 10.1. The van der Waals surface area contributed by atoms with E-state index in [1.807, 2.05) is 36.4 Å². The molecule has 0 bridgehead atoms. The summed E-state index contributed by atoms with van der Waals surface area (Å²) >= 11 is 0. The molecule has 2 amide bonds. The first kappa shape index (κ1) is 18.6. The van der Waals surface area contributed by atoms with Crippen molar-refractivity contribution in [3.05, 3.63) is 83.9 Å². The van der Waals surface area contributed by atoms with Crippen LogP contribution in [0.4, 0.5) is 11.4 Å². The van der Waals surface area contributed by atoms with E-state index in [0.717, 1.165) is 11.3 Å². The lowest BCUT2D eigenvalue weighted by Crippen LogP contribution is -2.38. The van der Waals surface area contributed by atoms with Gasteiger partial charge in [0.25, 0.3) is 11.8 Å². The number of phenolic OH excluding ortho intramolecular Hbond substituents is 1. The van der Waals surface area contributed by atoms with Gasteiger partial charge in [0.2, 0.25) is 0 Å². The Morgan fingerprint density at radius 1 is 1.03 bits per heavy atom. The standard InChI is InChI=1S/C23H20N2O4/c1-24(18-10-12-19(26)13-11-18)23(28)17-8-6-16(7-9-17)14-25-20-4-2-3-5-21(20)29-15-22(25)27/h2-13,26H,14-15H2,1H3. The number of carbonyl (C=O) groups is 2. The van der Waals surface area contributed by atoms with Crippen molar-refractivity contribution in [3.8, 4) is 11.5 Å². The van der Waals surface area contributed by atoms with E-state index < -0.39 is 0 Å². The lowest BCUT2D eigenvalue weighted by Gasteiger charge is -2.29. The van der Waals surface area contributed by atoms with Gasteiger partial charge >= 0.3 is 0 Å². The molecule has 146 valence electrons. The van der Waals surface area contributed by atoms with Crippen molar-refractivity contribution in [1.82, 2.24) is 0 Å². The van der Waals surface area contributed by atoms with Crippen molar-refractivity contribution >= 4 is 23.2 Å². The van der Waals surface area contributed by atoms with E-state index in [4.69, 9.17) is 4.74 Å². The molecule has 0 atom stereocenters. The Morgan fingerprint density at radius 2 is 1.72 bits per heavy atom. The average molecular weight is 388 g/mol. The maximum Gasteiger partial charge on any atom is 0.265 e. The molecule has 0 fully saturated rings. The Labute approximate surface area is 168 Å². The summed E-state index contributed by atoms with van der Waals surface area (Å²) in [6.45, 7) is 0.423. The van der Waals surface area contributed by atoms with Crippen molar-refractivity contribution in [2.45, 2.75) is 6.54 Å². The normalized spacial score (nSPS) is 12.9. The molecule has 0 spiro atoms. The van der Waals surface area contributed by atoms with E-state index in [2.05, 4.69) is 0 Å². The van der Waals surface area contributed by atoms with E-state index in [1.54, 1.807) is 48.3 Å². The molecule has 6 nitrogen and oxygen atoms in total. The van der Waals surface area contributed by atoms with E-state index in [1.165, 1.54) is 4.90 Å². The van der Waals surface area contributed by atoms with Crippen LogP contribution in [0.5, 0.6) is 11.5 Å². The monoisotopic (exact) mass is 388 g/mol. The van der Waals surface area contributed by atoms with Crippen LogP contribution in [-0.2, 0) is 11.3 Å². The van der Waals surface area contributed by atoms with Crippen molar-refractivity contribution < 1.29 is 19.4 Å². The minimum absolute atomic E-state index is 0.0189. The molecule has 29 heavy (non-hydrogen) atoms. The second-order valence-corrected chi connectivity index (χ2v) is 6.81. The Morgan fingerprint density at radius 3 is 2.45 bits per heavy atom. The molecule has 0 aliphatic carbocycles. The summed E-state index contributed by atoms with van der Waals surface area (Å²) in [5.41, 5.74) is 2.89. The zero-order valence-corrected chi connectivity index (χ0v) is 15.9. The van der Waals surface area contributed by atoms with Crippen LogP contribution in [0.1, 0.15) is 15.9 Å². The number of rotatable bonds is 4. The number of carbonyl (C=O) groups excluding carboxylic acids is 2. The van der Waals surface area contributed by atoms with Gasteiger partial charge in [-0.1, -0.05) is 24.3 Å². The highest BCUT2D eigenvalue weighted by molar-refractivity contribution is 6.05. The summed E-state index contributed by atoms with van der Waals surface area (Å²) in [5, 5.41) is 9.40. The number of benzene rings is 3. The van der Waals surface area contributed by atoms with Crippen molar-refractivity contribution in [3.63, 3.8) is 0 Å². The minimum Gasteiger partial charge on any atom is -0.508 e. The summed E-state index contributed by atoms with van der Waals surface area (Å²) < 4.78 is 5.47.